The van der Waals surface area contributed by atoms with Gasteiger partial charge in [-0.1, -0.05) is 43.1 Å². The first-order valence-corrected chi connectivity index (χ1v) is 6.81. The van der Waals surface area contributed by atoms with E-state index >= 15 is 0 Å². The van der Waals surface area contributed by atoms with Crippen LogP contribution < -0.4 is 5.32 Å². The minimum Gasteiger partial charge on any atom is -0.355 e. The van der Waals surface area contributed by atoms with Crippen LogP contribution in [-0.4, -0.2) is 17.3 Å². The van der Waals surface area contributed by atoms with E-state index in [-0.39, 0.29) is 11.3 Å². The molecular formula is C12H22BrNO. The standard InChI is InChI=1S/C12H22BrNO/c1-4-12(2,3)11(15)14-8-9-6-5-7-10(9)13/h9-10H,4-8H2,1-3H3,(H,14,15). The molecule has 88 valence electrons. The highest BCUT2D eigenvalue weighted by molar-refractivity contribution is 9.09. The van der Waals surface area contributed by atoms with E-state index in [0.717, 1.165) is 13.0 Å². The number of carbonyl (C=O) groups is 1. The zero-order valence-corrected chi connectivity index (χ0v) is 11.6. The van der Waals surface area contributed by atoms with E-state index in [1.54, 1.807) is 0 Å². The van der Waals surface area contributed by atoms with Gasteiger partial charge in [0.05, 0.1) is 0 Å². The van der Waals surface area contributed by atoms with Gasteiger partial charge in [0, 0.05) is 16.8 Å². The maximum Gasteiger partial charge on any atom is 0.225 e. The zero-order chi connectivity index (χ0) is 11.5. The predicted molar refractivity (Wildman–Crippen MR) is 67.1 cm³/mol. The predicted octanol–water partition coefficient (Wildman–Crippen LogP) is 3.10. The van der Waals surface area contributed by atoms with E-state index in [4.69, 9.17) is 0 Å². The second kappa shape index (κ2) is 5.33. The SMILES string of the molecule is CCC(C)(C)C(=O)NCC1CCCC1Br. The summed E-state index contributed by atoms with van der Waals surface area (Å²) in [7, 11) is 0. The summed E-state index contributed by atoms with van der Waals surface area (Å²) in [6, 6.07) is 0. The topological polar surface area (TPSA) is 29.1 Å². The van der Waals surface area contributed by atoms with Gasteiger partial charge in [-0.05, 0) is 25.2 Å². The Balaban J connectivity index is 2.34. The number of halogens is 1. The summed E-state index contributed by atoms with van der Waals surface area (Å²) in [6.07, 6.45) is 4.66. The molecule has 2 nitrogen and oxygen atoms in total. The average molecular weight is 276 g/mol. The summed E-state index contributed by atoms with van der Waals surface area (Å²) < 4.78 is 0. The molecule has 2 unspecified atom stereocenters. The zero-order valence-electron chi connectivity index (χ0n) is 9.98. The van der Waals surface area contributed by atoms with Crippen molar-refractivity contribution in [2.45, 2.75) is 51.3 Å². The molecular weight excluding hydrogens is 254 g/mol. The van der Waals surface area contributed by atoms with Gasteiger partial charge in [0.1, 0.15) is 0 Å². The van der Waals surface area contributed by atoms with Crippen molar-refractivity contribution in [1.82, 2.24) is 5.32 Å². The van der Waals surface area contributed by atoms with Crippen LogP contribution in [0.15, 0.2) is 0 Å². The minimum absolute atomic E-state index is 0.191. The Morgan fingerprint density at radius 3 is 2.60 bits per heavy atom. The Kier molecular flexibility index (Phi) is 4.63. The summed E-state index contributed by atoms with van der Waals surface area (Å²) in [5, 5.41) is 3.08. The maximum absolute atomic E-state index is 11.8. The van der Waals surface area contributed by atoms with Crippen LogP contribution in [0.25, 0.3) is 0 Å². The first kappa shape index (κ1) is 13.0. The molecule has 1 aliphatic rings. The third-order valence-electron chi connectivity index (χ3n) is 3.59. The highest BCUT2D eigenvalue weighted by atomic mass is 79.9. The first-order chi connectivity index (χ1) is 6.97. The van der Waals surface area contributed by atoms with Gasteiger partial charge in [-0.15, -0.1) is 0 Å². The highest BCUT2D eigenvalue weighted by Crippen LogP contribution is 2.31. The molecule has 1 N–H and O–H groups in total. The number of amides is 1. The lowest BCUT2D eigenvalue weighted by molar-refractivity contribution is -0.129. The van der Waals surface area contributed by atoms with Crippen LogP contribution in [0, 0.1) is 11.3 Å². The van der Waals surface area contributed by atoms with Crippen LogP contribution >= 0.6 is 15.9 Å². The Labute approximate surface area is 101 Å². The van der Waals surface area contributed by atoms with Gasteiger partial charge in [-0.3, -0.25) is 4.79 Å². The first-order valence-electron chi connectivity index (χ1n) is 5.89. The summed E-state index contributed by atoms with van der Waals surface area (Å²) in [5.41, 5.74) is -0.222. The number of rotatable bonds is 4. The van der Waals surface area contributed by atoms with E-state index in [2.05, 4.69) is 28.2 Å². The number of alkyl halides is 1. The van der Waals surface area contributed by atoms with E-state index in [0.29, 0.717) is 10.7 Å². The van der Waals surface area contributed by atoms with Crippen molar-refractivity contribution >= 4 is 21.8 Å². The van der Waals surface area contributed by atoms with Crippen LogP contribution in [0.5, 0.6) is 0 Å². The molecule has 0 aromatic heterocycles. The quantitative estimate of drug-likeness (QED) is 0.785. The van der Waals surface area contributed by atoms with Crippen molar-refractivity contribution in [2.75, 3.05) is 6.54 Å². The molecule has 1 aliphatic carbocycles. The normalized spacial score (nSPS) is 26.7. The molecule has 0 aliphatic heterocycles. The van der Waals surface area contributed by atoms with Crippen molar-refractivity contribution in [3.8, 4) is 0 Å². The lowest BCUT2D eigenvalue weighted by Crippen LogP contribution is -2.39. The number of carbonyl (C=O) groups excluding carboxylic acids is 1. The van der Waals surface area contributed by atoms with E-state index in [1.165, 1.54) is 19.3 Å². The van der Waals surface area contributed by atoms with E-state index in [1.807, 2.05) is 13.8 Å². The van der Waals surface area contributed by atoms with Gasteiger partial charge >= 0.3 is 0 Å². The third-order valence-corrected chi connectivity index (χ3v) is 4.80. The van der Waals surface area contributed by atoms with Crippen LogP contribution in [0.1, 0.15) is 46.5 Å². The summed E-state index contributed by atoms with van der Waals surface area (Å²) in [4.78, 5) is 12.4. The number of nitrogens with one attached hydrogen (secondary N) is 1. The van der Waals surface area contributed by atoms with Crippen molar-refractivity contribution in [3.63, 3.8) is 0 Å². The van der Waals surface area contributed by atoms with E-state index in [9.17, 15) is 4.79 Å². The van der Waals surface area contributed by atoms with Gasteiger partial charge < -0.3 is 5.32 Å². The molecule has 0 aromatic carbocycles. The fourth-order valence-electron chi connectivity index (χ4n) is 1.85. The van der Waals surface area contributed by atoms with Crippen molar-refractivity contribution in [3.05, 3.63) is 0 Å². The molecule has 1 fully saturated rings. The van der Waals surface area contributed by atoms with Crippen LogP contribution in [0.4, 0.5) is 0 Å². The number of hydrogen-bond donors (Lipinski definition) is 1. The molecule has 3 heteroatoms. The summed E-state index contributed by atoms with van der Waals surface area (Å²) >= 11 is 3.67. The largest absolute Gasteiger partial charge is 0.355 e. The minimum atomic E-state index is -0.222. The molecule has 1 saturated carbocycles. The Hall–Kier alpha value is -0.0500. The highest BCUT2D eigenvalue weighted by Gasteiger charge is 2.28. The lowest BCUT2D eigenvalue weighted by Gasteiger charge is -2.23. The molecule has 1 amide bonds. The molecule has 0 radical (unpaired) electrons. The van der Waals surface area contributed by atoms with Gasteiger partial charge in [-0.25, -0.2) is 0 Å². The van der Waals surface area contributed by atoms with Crippen LogP contribution in [0.2, 0.25) is 0 Å². The maximum atomic E-state index is 11.8. The average Bonchev–Trinajstić information content (AvgIpc) is 2.60. The molecule has 0 aromatic rings. The lowest BCUT2D eigenvalue weighted by atomic mass is 9.89. The smallest absolute Gasteiger partial charge is 0.225 e. The molecule has 2 atom stereocenters. The molecule has 1 rings (SSSR count). The molecule has 0 saturated heterocycles. The van der Waals surface area contributed by atoms with Crippen LogP contribution in [-0.2, 0) is 4.79 Å². The van der Waals surface area contributed by atoms with E-state index < -0.39 is 0 Å². The fourth-order valence-corrected chi connectivity index (χ4v) is 2.62. The second-order valence-corrected chi connectivity index (χ2v) is 6.33. The molecule has 0 spiro atoms. The molecule has 15 heavy (non-hydrogen) atoms. The number of hydrogen-bond acceptors (Lipinski definition) is 1. The summed E-state index contributed by atoms with van der Waals surface area (Å²) in [6.45, 7) is 6.89. The molecule has 0 bridgehead atoms. The van der Waals surface area contributed by atoms with Crippen LogP contribution in [0.3, 0.4) is 0 Å². The van der Waals surface area contributed by atoms with Gasteiger partial charge in [0.15, 0.2) is 0 Å². The Morgan fingerprint density at radius 2 is 2.13 bits per heavy atom. The Morgan fingerprint density at radius 1 is 1.47 bits per heavy atom. The van der Waals surface area contributed by atoms with Crippen molar-refractivity contribution in [1.29, 1.82) is 0 Å². The fraction of sp³-hybridized carbons (Fsp3) is 0.917. The monoisotopic (exact) mass is 275 g/mol. The van der Waals surface area contributed by atoms with Crippen molar-refractivity contribution < 1.29 is 4.79 Å². The third kappa shape index (κ3) is 3.47. The van der Waals surface area contributed by atoms with Crippen molar-refractivity contribution in [2.24, 2.45) is 11.3 Å². The van der Waals surface area contributed by atoms with Gasteiger partial charge in [0.2, 0.25) is 5.91 Å². The summed E-state index contributed by atoms with van der Waals surface area (Å²) in [5.74, 6) is 0.818. The van der Waals surface area contributed by atoms with Gasteiger partial charge in [0.25, 0.3) is 0 Å². The molecule has 0 heterocycles. The Bertz CT molecular complexity index is 228. The van der Waals surface area contributed by atoms with Gasteiger partial charge in [-0.2, -0.15) is 0 Å². The second-order valence-electron chi connectivity index (χ2n) is 5.15.